The topological polar surface area (TPSA) is 67.9 Å². The quantitative estimate of drug-likeness (QED) is 0.858. The Morgan fingerprint density at radius 1 is 1.12 bits per heavy atom. The summed E-state index contributed by atoms with van der Waals surface area (Å²) < 4.78 is 10.4. The van der Waals surface area contributed by atoms with Gasteiger partial charge in [-0.05, 0) is 42.0 Å². The monoisotopic (exact) mass is 326 g/mol. The molecule has 0 radical (unpaired) electrons. The highest BCUT2D eigenvalue weighted by atomic mass is 16.5. The van der Waals surface area contributed by atoms with E-state index in [0.29, 0.717) is 18.7 Å². The molecule has 1 N–H and O–H groups in total. The summed E-state index contributed by atoms with van der Waals surface area (Å²) >= 11 is 0. The first-order chi connectivity index (χ1) is 11.7. The van der Waals surface area contributed by atoms with Crippen LogP contribution in [0.15, 0.2) is 48.5 Å². The van der Waals surface area contributed by atoms with Crippen LogP contribution in [0.5, 0.6) is 5.75 Å². The number of hydrogen-bond donors (Lipinski definition) is 1. The molecule has 0 atom stereocenters. The van der Waals surface area contributed by atoms with E-state index in [1.165, 1.54) is 0 Å². The second kappa shape index (κ2) is 7.04. The van der Waals surface area contributed by atoms with Gasteiger partial charge in [0.05, 0.1) is 12.7 Å². The van der Waals surface area contributed by atoms with Gasteiger partial charge in [0.2, 0.25) is 0 Å². The average molecular weight is 326 g/mol. The molecule has 0 aromatic heterocycles. The zero-order valence-electron chi connectivity index (χ0n) is 13.3. The van der Waals surface area contributed by atoms with E-state index in [9.17, 15) is 9.59 Å². The van der Waals surface area contributed by atoms with Gasteiger partial charge in [-0.1, -0.05) is 12.1 Å². The molecule has 1 fully saturated rings. The van der Waals surface area contributed by atoms with Crippen LogP contribution in [0.4, 0.5) is 10.5 Å². The number of rotatable bonds is 5. The molecule has 0 bridgehead atoms. The van der Waals surface area contributed by atoms with E-state index in [1.807, 2.05) is 24.3 Å². The predicted octanol–water partition coefficient (Wildman–Crippen LogP) is 2.58. The SMILES string of the molecule is COc1ccc(COC(=O)c2ccc(N3CCNC3=O)cc2)cc1. The second-order valence-corrected chi connectivity index (χ2v) is 5.35. The van der Waals surface area contributed by atoms with Crippen LogP contribution in [0, 0.1) is 0 Å². The van der Waals surface area contributed by atoms with Crippen LogP contribution in [-0.4, -0.2) is 32.2 Å². The maximum absolute atomic E-state index is 12.1. The van der Waals surface area contributed by atoms with Crippen molar-refractivity contribution >= 4 is 17.7 Å². The van der Waals surface area contributed by atoms with Gasteiger partial charge in [-0.3, -0.25) is 4.90 Å². The smallest absolute Gasteiger partial charge is 0.338 e. The molecule has 1 aliphatic heterocycles. The van der Waals surface area contributed by atoms with Crippen molar-refractivity contribution in [1.29, 1.82) is 0 Å². The molecule has 0 unspecified atom stereocenters. The first-order valence-electron chi connectivity index (χ1n) is 7.63. The molecule has 2 aromatic rings. The summed E-state index contributed by atoms with van der Waals surface area (Å²) in [5.41, 5.74) is 2.10. The number of nitrogens with one attached hydrogen (secondary N) is 1. The van der Waals surface area contributed by atoms with Crippen LogP contribution >= 0.6 is 0 Å². The Bertz CT molecular complexity index is 726. The molecule has 1 aliphatic rings. The predicted molar refractivity (Wildman–Crippen MR) is 89.3 cm³/mol. The number of carbonyl (C=O) groups excluding carboxylic acids is 2. The van der Waals surface area contributed by atoms with Crippen molar-refractivity contribution in [2.45, 2.75) is 6.61 Å². The maximum atomic E-state index is 12.1. The third-order valence-electron chi connectivity index (χ3n) is 3.80. The van der Waals surface area contributed by atoms with Crippen LogP contribution < -0.4 is 15.0 Å². The fraction of sp³-hybridized carbons (Fsp3) is 0.222. The molecule has 0 spiro atoms. The van der Waals surface area contributed by atoms with E-state index in [0.717, 1.165) is 17.0 Å². The molecule has 24 heavy (non-hydrogen) atoms. The molecular weight excluding hydrogens is 308 g/mol. The summed E-state index contributed by atoms with van der Waals surface area (Å²) in [6.45, 7) is 1.45. The summed E-state index contributed by atoms with van der Waals surface area (Å²) in [6.07, 6.45) is 0. The lowest BCUT2D eigenvalue weighted by molar-refractivity contribution is 0.0472. The molecular formula is C18H18N2O4. The van der Waals surface area contributed by atoms with Crippen LogP contribution in [-0.2, 0) is 11.3 Å². The van der Waals surface area contributed by atoms with Crippen molar-refractivity contribution in [3.63, 3.8) is 0 Å². The first-order valence-corrected chi connectivity index (χ1v) is 7.63. The largest absolute Gasteiger partial charge is 0.497 e. The van der Waals surface area contributed by atoms with Crippen LogP contribution in [0.25, 0.3) is 0 Å². The Kier molecular flexibility index (Phi) is 4.65. The van der Waals surface area contributed by atoms with Gasteiger partial charge < -0.3 is 14.8 Å². The van der Waals surface area contributed by atoms with Crippen molar-refractivity contribution in [1.82, 2.24) is 5.32 Å². The molecule has 1 heterocycles. The fourth-order valence-electron chi connectivity index (χ4n) is 2.45. The van der Waals surface area contributed by atoms with Gasteiger partial charge in [-0.2, -0.15) is 0 Å². The highest BCUT2D eigenvalue weighted by Crippen LogP contribution is 2.18. The van der Waals surface area contributed by atoms with Gasteiger partial charge in [0.1, 0.15) is 12.4 Å². The van der Waals surface area contributed by atoms with E-state index in [-0.39, 0.29) is 12.6 Å². The minimum absolute atomic E-state index is 0.121. The van der Waals surface area contributed by atoms with Crippen molar-refractivity contribution < 1.29 is 19.1 Å². The number of benzene rings is 2. The molecule has 0 aliphatic carbocycles. The van der Waals surface area contributed by atoms with Gasteiger partial charge in [0.25, 0.3) is 0 Å². The molecule has 1 saturated heterocycles. The molecule has 2 aromatic carbocycles. The molecule has 0 saturated carbocycles. The molecule has 2 amide bonds. The summed E-state index contributed by atoms with van der Waals surface area (Å²) in [5.74, 6) is 0.356. The highest BCUT2D eigenvalue weighted by Gasteiger charge is 2.21. The van der Waals surface area contributed by atoms with Crippen molar-refractivity contribution in [2.24, 2.45) is 0 Å². The highest BCUT2D eigenvalue weighted by molar-refractivity contribution is 5.95. The zero-order valence-corrected chi connectivity index (χ0v) is 13.3. The number of amides is 2. The van der Waals surface area contributed by atoms with Crippen molar-refractivity contribution in [3.05, 3.63) is 59.7 Å². The number of nitrogens with zero attached hydrogens (tertiary/aromatic N) is 1. The zero-order chi connectivity index (χ0) is 16.9. The number of hydrogen-bond acceptors (Lipinski definition) is 4. The third-order valence-corrected chi connectivity index (χ3v) is 3.80. The lowest BCUT2D eigenvalue weighted by Crippen LogP contribution is -2.27. The Morgan fingerprint density at radius 2 is 1.83 bits per heavy atom. The lowest BCUT2D eigenvalue weighted by atomic mass is 10.2. The van der Waals surface area contributed by atoms with Gasteiger partial charge in [-0.15, -0.1) is 0 Å². The summed E-state index contributed by atoms with van der Waals surface area (Å²) in [5, 5.41) is 2.74. The van der Waals surface area contributed by atoms with E-state index in [1.54, 1.807) is 36.3 Å². The minimum atomic E-state index is -0.400. The Balaban J connectivity index is 1.59. The van der Waals surface area contributed by atoms with Crippen LogP contribution in [0.3, 0.4) is 0 Å². The number of esters is 1. The molecule has 6 nitrogen and oxygen atoms in total. The van der Waals surface area contributed by atoms with E-state index >= 15 is 0 Å². The van der Waals surface area contributed by atoms with Gasteiger partial charge in [0.15, 0.2) is 0 Å². The summed E-state index contributed by atoms with van der Waals surface area (Å²) in [4.78, 5) is 25.3. The Morgan fingerprint density at radius 3 is 2.42 bits per heavy atom. The second-order valence-electron chi connectivity index (χ2n) is 5.35. The summed E-state index contributed by atoms with van der Waals surface area (Å²) in [7, 11) is 1.60. The number of ether oxygens (including phenoxy) is 2. The van der Waals surface area contributed by atoms with Gasteiger partial charge >= 0.3 is 12.0 Å². The number of urea groups is 1. The third kappa shape index (κ3) is 3.48. The number of methoxy groups -OCH3 is 1. The van der Waals surface area contributed by atoms with E-state index < -0.39 is 5.97 Å². The lowest BCUT2D eigenvalue weighted by Gasteiger charge is -2.14. The standard InChI is InChI=1S/C18H18N2O4/c1-23-16-8-2-13(3-9-16)12-24-17(21)14-4-6-15(7-5-14)20-11-10-19-18(20)22/h2-9H,10-12H2,1H3,(H,19,22). The van der Waals surface area contributed by atoms with Gasteiger partial charge in [-0.25, -0.2) is 9.59 Å². The van der Waals surface area contributed by atoms with Crippen molar-refractivity contribution in [2.75, 3.05) is 25.1 Å². The van der Waals surface area contributed by atoms with Gasteiger partial charge in [0, 0.05) is 18.8 Å². The summed E-state index contributed by atoms with van der Waals surface area (Å²) in [6, 6.07) is 14.0. The van der Waals surface area contributed by atoms with Crippen LogP contribution in [0.2, 0.25) is 0 Å². The normalized spacial score (nSPS) is 13.5. The first kappa shape index (κ1) is 15.9. The minimum Gasteiger partial charge on any atom is -0.497 e. The fourth-order valence-corrected chi connectivity index (χ4v) is 2.45. The van der Waals surface area contributed by atoms with E-state index in [2.05, 4.69) is 5.32 Å². The maximum Gasteiger partial charge on any atom is 0.338 e. The average Bonchev–Trinajstić information content (AvgIpc) is 3.06. The Hall–Kier alpha value is -3.02. The molecule has 3 rings (SSSR count). The van der Waals surface area contributed by atoms with E-state index in [4.69, 9.17) is 9.47 Å². The van der Waals surface area contributed by atoms with Crippen LogP contribution in [0.1, 0.15) is 15.9 Å². The number of carbonyl (C=O) groups is 2. The number of anilines is 1. The molecule has 124 valence electrons. The van der Waals surface area contributed by atoms with Crippen molar-refractivity contribution in [3.8, 4) is 5.75 Å². The molecule has 6 heteroatoms. The Labute approximate surface area is 140 Å².